The molecule has 0 atom stereocenters. The Balaban J connectivity index is 1.80. The normalized spacial score (nSPS) is 12.8. The number of benzene rings is 2. The molecule has 1 aliphatic carbocycles. The van der Waals surface area contributed by atoms with Gasteiger partial charge in [0.05, 0.1) is 0 Å². The Kier molecular flexibility index (Phi) is 5.03. The van der Waals surface area contributed by atoms with Gasteiger partial charge in [-0.3, -0.25) is 9.59 Å². The molecule has 2 N–H and O–H groups in total. The zero-order valence-electron chi connectivity index (χ0n) is 15.1. The van der Waals surface area contributed by atoms with Crippen LogP contribution in [0.3, 0.4) is 0 Å². The van der Waals surface area contributed by atoms with Gasteiger partial charge in [-0.2, -0.15) is 0 Å². The molecule has 1 aliphatic rings. The number of Topliss-reactive ketones (excluding diaryl/α,β-unsaturated/α-hetero) is 1. The van der Waals surface area contributed by atoms with Gasteiger partial charge in [0.2, 0.25) is 0 Å². The van der Waals surface area contributed by atoms with Gasteiger partial charge in [-0.05, 0) is 53.5 Å². The Morgan fingerprint density at radius 3 is 2.50 bits per heavy atom. The minimum Gasteiger partial charge on any atom is -0.388 e. The highest BCUT2D eigenvalue weighted by Gasteiger charge is 2.21. The van der Waals surface area contributed by atoms with E-state index >= 15 is 0 Å². The number of fused-ring (bicyclic) bond motifs is 1. The summed E-state index contributed by atoms with van der Waals surface area (Å²) >= 11 is 0. The molecule has 0 unspecified atom stereocenters. The zero-order valence-corrected chi connectivity index (χ0v) is 15.1. The van der Waals surface area contributed by atoms with Crippen LogP contribution < -0.4 is 10.6 Å². The summed E-state index contributed by atoms with van der Waals surface area (Å²) in [5.74, 6) is -0.0557. The molecule has 2 aromatic carbocycles. The largest absolute Gasteiger partial charge is 0.388 e. The molecule has 4 nitrogen and oxygen atoms in total. The van der Waals surface area contributed by atoms with Crippen LogP contribution in [0.5, 0.6) is 0 Å². The predicted molar refractivity (Wildman–Crippen MR) is 106 cm³/mol. The number of carbonyl (C=O) groups is 2. The SMILES string of the molecule is C=C1Cc2c(cccc2NC)C=C1C(=O)Nc1ccc(CC(C)=O)cc1. The summed E-state index contributed by atoms with van der Waals surface area (Å²) in [5.41, 5.74) is 6.28. The molecule has 1 amide bonds. The third kappa shape index (κ3) is 3.75. The van der Waals surface area contributed by atoms with Crippen LogP contribution in [0.15, 0.2) is 60.2 Å². The standard InChI is InChI=1S/C22H22N2O2/c1-14-11-20-17(5-4-6-21(20)23-3)13-19(14)22(26)24-18-9-7-16(8-10-18)12-15(2)25/h4-10,13,23H,1,11-12H2,2-3H3,(H,24,26). The Bertz CT molecular complexity index is 908. The Morgan fingerprint density at radius 1 is 1.12 bits per heavy atom. The lowest BCUT2D eigenvalue weighted by Gasteiger charge is -2.21. The lowest BCUT2D eigenvalue weighted by molar-refractivity contribution is -0.116. The molecule has 4 heteroatoms. The number of amides is 1. The van der Waals surface area contributed by atoms with E-state index in [4.69, 9.17) is 0 Å². The molecule has 26 heavy (non-hydrogen) atoms. The minimum absolute atomic E-state index is 0.116. The number of rotatable bonds is 5. The van der Waals surface area contributed by atoms with Crippen molar-refractivity contribution in [3.8, 4) is 0 Å². The van der Waals surface area contributed by atoms with Gasteiger partial charge < -0.3 is 10.6 Å². The highest BCUT2D eigenvalue weighted by Crippen LogP contribution is 2.32. The van der Waals surface area contributed by atoms with Crippen LogP contribution in [0, 0.1) is 0 Å². The van der Waals surface area contributed by atoms with E-state index in [1.165, 1.54) is 0 Å². The van der Waals surface area contributed by atoms with E-state index in [0.29, 0.717) is 24.1 Å². The highest BCUT2D eigenvalue weighted by atomic mass is 16.1. The number of hydrogen-bond acceptors (Lipinski definition) is 3. The van der Waals surface area contributed by atoms with Crippen molar-refractivity contribution in [3.05, 3.63) is 76.9 Å². The first kappa shape index (κ1) is 17.7. The van der Waals surface area contributed by atoms with Crippen molar-refractivity contribution in [2.24, 2.45) is 0 Å². The number of carbonyl (C=O) groups excluding carboxylic acids is 2. The van der Waals surface area contributed by atoms with E-state index in [9.17, 15) is 9.59 Å². The van der Waals surface area contributed by atoms with E-state index < -0.39 is 0 Å². The maximum absolute atomic E-state index is 12.7. The van der Waals surface area contributed by atoms with Crippen molar-refractivity contribution in [1.29, 1.82) is 0 Å². The first-order valence-electron chi connectivity index (χ1n) is 8.57. The summed E-state index contributed by atoms with van der Waals surface area (Å²) in [4.78, 5) is 23.9. The van der Waals surface area contributed by atoms with E-state index in [-0.39, 0.29) is 11.7 Å². The average Bonchev–Trinajstić information content (AvgIpc) is 2.61. The van der Waals surface area contributed by atoms with Crippen molar-refractivity contribution in [3.63, 3.8) is 0 Å². The summed E-state index contributed by atoms with van der Waals surface area (Å²) in [7, 11) is 1.89. The Hall–Kier alpha value is -3.14. The van der Waals surface area contributed by atoms with Crippen molar-refractivity contribution >= 4 is 29.1 Å². The molecule has 0 aromatic heterocycles. The Labute approximate surface area is 153 Å². The molecule has 0 spiro atoms. The maximum atomic E-state index is 12.7. The second-order valence-corrected chi connectivity index (χ2v) is 6.49. The quantitative estimate of drug-likeness (QED) is 0.860. The molecule has 0 heterocycles. The molecule has 132 valence electrons. The van der Waals surface area contributed by atoms with Crippen molar-refractivity contribution in [2.75, 3.05) is 17.7 Å². The van der Waals surface area contributed by atoms with Crippen LogP contribution in [0.4, 0.5) is 11.4 Å². The Morgan fingerprint density at radius 2 is 1.85 bits per heavy atom. The molecule has 0 fully saturated rings. The average molecular weight is 346 g/mol. The van der Waals surface area contributed by atoms with Crippen LogP contribution in [0.2, 0.25) is 0 Å². The van der Waals surface area contributed by atoms with Crippen LogP contribution >= 0.6 is 0 Å². The smallest absolute Gasteiger partial charge is 0.255 e. The van der Waals surface area contributed by atoms with E-state index in [0.717, 1.165) is 28.0 Å². The number of ketones is 1. The fourth-order valence-corrected chi connectivity index (χ4v) is 3.16. The predicted octanol–water partition coefficient (Wildman–Crippen LogP) is 3.99. The first-order valence-corrected chi connectivity index (χ1v) is 8.57. The van der Waals surface area contributed by atoms with Crippen molar-refractivity contribution in [2.45, 2.75) is 19.8 Å². The monoisotopic (exact) mass is 346 g/mol. The summed E-state index contributed by atoms with van der Waals surface area (Å²) in [6.07, 6.45) is 2.94. The van der Waals surface area contributed by atoms with E-state index in [1.54, 1.807) is 6.92 Å². The summed E-state index contributed by atoms with van der Waals surface area (Å²) in [6, 6.07) is 13.3. The first-order chi connectivity index (χ1) is 12.5. The fourth-order valence-electron chi connectivity index (χ4n) is 3.16. The highest BCUT2D eigenvalue weighted by molar-refractivity contribution is 6.10. The molecule has 0 aliphatic heterocycles. The molecule has 3 rings (SSSR count). The third-order valence-electron chi connectivity index (χ3n) is 4.46. The van der Waals surface area contributed by atoms with Gasteiger partial charge >= 0.3 is 0 Å². The zero-order chi connectivity index (χ0) is 18.7. The molecule has 0 radical (unpaired) electrons. The number of nitrogens with one attached hydrogen (secondary N) is 2. The van der Waals surface area contributed by atoms with Crippen LogP contribution in [-0.4, -0.2) is 18.7 Å². The summed E-state index contributed by atoms with van der Waals surface area (Å²) < 4.78 is 0. The van der Waals surface area contributed by atoms with Gasteiger partial charge in [0.1, 0.15) is 5.78 Å². The van der Waals surface area contributed by atoms with Crippen LogP contribution in [-0.2, 0) is 22.4 Å². The lowest BCUT2D eigenvalue weighted by Crippen LogP contribution is -2.19. The molecule has 0 saturated heterocycles. The lowest BCUT2D eigenvalue weighted by atomic mass is 9.87. The topological polar surface area (TPSA) is 58.2 Å². The molecular weight excluding hydrogens is 324 g/mol. The maximum Gasteiger partial charge on any atom is 0.255 e. The molecule has 2 aromatic rings. The van der Waals surface area contributed by atoms with Crippen LogP contribution in [0.1, 0.15) is 23.6 Å². The second kappa shape index (κ2) is 7.40. The van der Waals surface area contributed by atoms with Gasteiger partial charge in [0, 0.05) is 36.8 Å². The van der Waals surface area contributed by atoms with Gasteiger partial charge in [0.25, 0.3) is 5.91 Å². The van der Waals surface area contributed by atoms with E-state index in [1.807, 2.05) is 55.6 Å². The van der Waals surface area contributed by atoms with E-state index in [2.05, 4.69) is 17.2 Å². The second-order valence-electron chi connectivity index (χ2n) is 6.49. The molecular formula is C22H22N2O2. The summed E-state index contributed by atoms with van der Waals surface area (Å²) in [6.45, 7) is 5.65. The van der Waals surface area contributed by atoms with Crippen molar-refractivity contribution in [1.82, 2.24) is 0 Å². The van der Waals surface area contributed by atoms with Gasteiger partial charge in [-0.15, -0.1) is 0 Å². The number of anilines is 2. The summed E-state index contributed by atoms with van der Waals surface area (Å²) in [5, 5.41) is 6.10. The molecule has 0 saturated carbocycles. The van der Waals surface area contributed by atoms with Gasteiger partial charge in [-0.25, -0.2) is 0 Å². The molecule has 0 bridgehead atoms. The van der Waals surface area contributed by atoms with Gasteiger partial charge in [-0.1, -0.05) is 30.8 Å². The van der Waals surface area contributed by atoms with Gasteiger partial charge in [0.15, 0.2) is 0 Å². The fraction of sp³-hybridized carbons (Fsp3) is 0.182. The minimum atomic E-state index is -0.171. The third-order valence-corrected chi connectivity index (χ3v) is 4.46. The van der Waals surface area contributed by atoms with Crippen LogP contribution in [0.25, 0.3) is 6.08 Å². The number of hydrogen-bond donors (Lipinski definition) is 2. The van der Waals surface area contributed by atoms with Crippen molar-refractivity contribution < 1.29 is 9.59 Å².